The van der Waals surface area contributed by atoms with E-state index < -0.39 is 15.8 Å². The number of aliphatic hydroxyl groups excluding tert-OH is 1. The van der Waals surface area contributed by atoms with Crippen LogP contribution >= 0.6 is 0 Å². The number of rotatable bonds is 4. The van der Waals surface area contributed by atoms with E-state index in [-0.39, 0.29) is 17.5 Å². The van der Waals surface area contributed by atoms with Crippen molar-refractivity contribution in [1.29, 1.82) is 0 Å². The first kappa shape index (κ1) is 15.4. The molecule has 1 aliphatic carbocycles. The van der Waals surface area contributed by atoms with Crippen molar-refractivity contribution in [1.82, 2.24) is 4.72 Å². The Kier molecular flexibility index (Phi) is 4.78. The van der Waals surface area contributed by atoms with E-state index in [9.17, 15) is 12.8 Å². The highest BCUT2D eigenvalue weighted by molar-refractivity contribution is 7.89. The van der Waals surface area contributed by atoms with Crippen molar-refractivity contribution in [2.24, 2.45) is 5.92 Å². The molecule has 0 aliphatic heterocycles. The summed E-state index contributed by atoms with van der Waals surface area (Å²) < 4.78 is 40.9. The Labute approximate surface area is 119 Å². The van der Waals surface area contributed by atoms with Gasteiger partial charge in [-0.05, 0) is 36.5 Å². The molecular weight excluding hydrogens is 281 g/mol. The standard InChI is InChI=1S/C14H20FNO3S/c1-10-3-2-4-12(7-10)16-20(18,19)14-6-5-11(9-17)8-13(14)15/h5-6,8,10,12,16-17H,2-4,7,9H2,1H3. The van der Waals surface area contributed by atoms with Gasteiger partial charge >= 0.3 is 0 Å². The van der Waals surface area contributed by atoms with Crippen LogP contribution < -0.4 is 4.72 Å². The molecule has 0 amide bonds. The molecule has 0 spiro atoms. The molecule has 20 heavy (non-hydrogen) atoms. The third-order valence-corrected chi connectivity index (χ3v) is 5.28. The molecule has 112 valence electrons. The fraction of sp³-hybridized carbons (Fsp3) is 0.571. The Morgan fingerprint density at radius 1 is 1.40 bits per heavy atom. The van der Waals surface area contributed by atoms with Crippen molar-refractivity contribution in [3.8, 4) is 0 Å². The molecule has 2 atom stereocenters. The van der Waals surface area contributed by atoms with E-state index in [1.165, 1.54) is 12.1 Å². The summed E-state index contributed by atoms with van der Waals surface area (Å²) in [5.74, 6) is -0.342. The lowest BCUT2D eigenvalue weighted by molar-refractivity contribution is 0.281. The lowest BCUT2D eigenvalue weighted by atomic mass is 9.88. The second-order valence-corrected chi connectivity index (χ2v) is 7.20. The van der Waals surface area contributed by atoms with Crippen molar-refractivity contribution in [3.63, 3.8) is 0 Å². The Balaban J connectivity index is 2.17. The van der Waals surface area contributed by atoms with Crippen molar-refractivity contribution < 1.29 is 17.9 Å². The van der Waals surface area contributed by atoms with Crippen molar-refractivity contribution in [2.75, 3.05) is 0 Å². The molecule has 0 aromatic heterocycles. The highest BCUT2D eigenvalue weighted by Crippen LogP contribution is 2.25. The van der Waals surface area contributed by atoms with Crippen LogP contribution in [0.25, 0.3) is 0 Å². The molecule has 2 N–H and O–H groups in total. The van der Waals surface area contributed by atoms with Crippen LogP contribution in [0.4, 0.5) is 4.39 Å². The van der Waals surface area contributed by atoms with Gasteiger partial charge in [0.25, 0.3) is 0 Å². The minimum atomic E-state index is -3.85. The summed E-state index contributed by atoms with van der Waals surface area (Å²) in [6, 6.07) is 3.55. The van der Waals surface area contributed by atoms with Gasteiger partial charge in [-0.1, -0.05) is 25.8 Å². The van der Waals surface area contributed by atoms with Gasteiger partial charge in [-0.25, -0.2) is 17.5 Å². The molecule has 6 heteroatoms. The van der Waals surface area contributed by atoms with Gasteiger partial charge in [0.2, 0.25) is 10.0 Å². The average molecular weight is 301 g/mol. The van der Waals surface area contributed by atoms with Crippen LogP contribution in [0.2, 0.25) is 0 Å². The molecule has 0 heterocycles. The summed E-state index contributed by atoms with van der Waals surface area (Å²) in [5.41, 5.74) is 0.354. The molecule has 2 rings (SSSR count). The van der Waals surface area contributed by atoms with Gasteiger partial charge in [0.05, 0.1) is 6.61 Å². The molecule has 0 saturated heterocycles. The predicted molar refractivity (Wildman–Crippen MR) is 74.1 cm³/mol. The molecule has 1 saturated carbocycles. The third-order valence-electron chi connectivity index (χ3n) is 3.73. The Hall–Kier alpha value is -0.980. The summed E-state index contributed by atoms with van der Waals surface area (Å²) in [6.45, 7) is 1.78. The normalized spacial score (nSPS) is 23.8. The highest BCUT2D eigenvalue weighted by atomic mass is 32.2. The van der Waals surface area contributed by atoms with E-state index in [0.29, 0.717) is 11.5 Å². The largest absolute Gasteiger partial charge is 0.392 e. The predicted octanol–water partition coefficient (Wildman–Crippen LogP) is 2.17. The van der Waals surface area contributed by atoms with Gasteiger partial charge < -0.3 is 5.11 Å². The lowest BCUT2D eigenvalue weighted by Crippen LogP contribution is -2.38. The minimum Gasteiger partial charge on any atom is -0.392 e. The molecule has 1 aromatic carbocycles. The first-order valence-corrected chi connectivity index (χ1v) is 8.32. The lowest BCUT2D eigenvalue weighted by Gasteiger charge is -2.27. The summed E-state index contributed by atoms with van der Waals surface area (Å²) in [5, 5.41) is 8.91. The Morgan fingerprint density at radius 3 is 2.75 bits per heavy atom. The molecule has 1 aliphatic rings. The van der Waals surface area contributed by atoms with Gasteiger partial charge in [0.1, 0.15) is 10.7 Å². The number of aliphatic hydroxyl groups is 1. The first-order chi connectivity index (χ1) is 9.42. The van der Waals surface area contributed by atoms with Crippen LogP contribution in [0.15, 0.2) is 23.1 Å². The highest BCUT2D eigenvalue weighted by Gasteiger charge is 2.26. The quantitative estimate of drug-likeness (QED) is 0.895. The Morgan fingerprint density at radius 2 is 2.15 bits per heavy atom. The van der Waals surface area contributed by atoms with Gasteiger partial charge in [-0.3, -0.25) is 0 Å². The van der Waals surface area contributed by atoms with E-state index in [4.69, 9.17) is 5.11 Å². The second kappa shape index (κ2) is 6.20. The van der Waals surface area contributed by atoms with Gasteiger partial charge in [0.15, 0.2) is 0 Å². The minimum absolute atomic E-state index is 0.124. The molecule has 1 fully saturated rings. The number of halogens is 1. The maximum Gasteiger partial charge on any atom is 0.243 e. The van der Waals surface area contributed by atoms with Crippen molar-refractivity contribution in [2.45, 2.75) is 50.2 Å². The number of benzene rings is 1. The topological polar surface area (TPSA) is 66.4 Å². The van der Waals surface area contributed by atoms with Gasteiger partial charge in [-0.15, -0.1) is 0 Å². The summed E-state index contributed by atoms with van der Waals surface area (Å²) in [7, 11) is -3.85. The van der Waals surface area contributed by atoms with E-state index in [1.807, 2.05) is 0 Å². The van der Waals surface area contributed by atoms with E-state index in [2.05, 4.69) is 11.6 Å². The second-order valence-electron chi connectivity index (χ2n) is 5.51. The summed E-state index contributed by atoms with van der Waals surface area (Å²) in [6.07, 6.45) is 3.67. The molecule has 0 bridgehead atoms. The maximum atomic E-state index is 13.8. The zero-order valence-corrected chi connectivity index (χ0v) is 12.3. The van der Waals surface area contributed by atoms with Crippen LogP contribution in [-0.4, -0.2) is 19.6 Å². The zero-order chi connectivity index (χ0) is 14.8. The first-order valence-electron chi connectivity index (χ1n) is 6.84. The van der Waals surface area contributed by atoms with Crippen LogP contribution in [0.5, 0.6) is 0 Å². The number of sulfonamides is 1. The fourth-order valence-electron chi connectivity index (χ4n) is 2.68. The molecule has 2 unspecified atom stereocenters. The maximum absolute atomic E-state index is 13.8. The molecular formula is C14H20FNO3S. The van der Waals surface area contributed by atoms with Gasteiger partial charge in [-0.2, -0.15) is 0 Å². The smallest absolute Gasteiger partial charge is 0.243 e. The monoisotopic (exact) mass is 301 g/mol. The fourth-order valence-corrected chi connectivity index (χ4v) is 4.03. The number of nitrogens with one attached hydrogen (secondary N) is 1. The van der Waals surface area contributed by atoms with Crippen molar-refractivity contribution in [3.05, 3.63) is 29.6 Å². The number of hydrogen-bond acceptors (Lipinski definition) is 3. The van der Waals surface area contributed by atoms with E-state index >= 15 is 0 Å². The van der Waals surface area contributed by atoms with Crippen LogP contribution in [0, 0.1) is 11.7 Å². The molecule has 4 nitrogen and oxygen atoms in total. The SMILES string of the molecule is CC1CCCC(NS(=O)(=O)c2ccc(CO)cc2F)C1. The van der Waals surface area contributed by atoms with Crippen LogP contribution in [0.1, 0.15) is 38.2 Å². The Bertz CT molecular complexity index is 574. The average Bonchev–Trinajstić information content (AvgIpc) is 2.37. The van der Waals surface area contributed by atoms with Gasteiger partial charge in [0, 0.05) is 6.04 Å². The zero-order valence-electron chi connectivity index (χ0n) is 11.5. The van der Waals surface area contributed by atoms with Crippen LogP contribution in [-0.2, 0) is 16.6 Å². The van der Waals surface area contributed by atoms with E-state index in [1.54, 1.807) is 0 Å². The third kappa shape index (κ3) is 3.56. The van der Waals surface area contributed by atoms with Crippen LogP contribution in [0.3, 0.4) is 0 Å². The van der Waals surface area contributed by atoms with E-state index in [0.717, 1.165) is 31.7 Å². The number of hydrogen-bond donors (Lipinski definition) is 2. The van der Waals surface area contributed by atoms with Crippen molar-refractivity contribution >= 4 is 10.0 Å². The molecule has 0 radical (unpaired) electrons. The molecule has 1 aromatic rings. The summed E-state index contributed by atoms with van der Waals surface area (Å²) >= 11 is 0. The summed E-state index contributed by atoms with van der Waals surface area (Å²) in [4.78, 5) is -0.354.